The highest BCUT2D eigenvalue weighted by Crippen LogP contribution is 2.27. The Kier molecular flexibility index (Phi) is 3.38. The fourth-order valence-electron chi connectivity index (χ4n) is 1.79. The number of nitrogens with one attached hydrogen (secondary N) is 1. The van der Waals surface area contributed by atoms with Crippen molar-refractivity contribution in [3.05, 3.63) is 52.8 Å². The van der Waals surface area contributed by atoms with E-state index in [1.54, 1.807) is 12.3 Å². The minimum absolute atomic E-state index is 0.307. The molecule has 1 aromatic carbocycles. The molecule has 0 bridgehead atoms. The number of aromatic nitrogens is 2. The predicted octanol–water partition coefficient (Wildman–Crippen LogP) is 3.91. The Hall–Kier alpha value is -1.98. The quantitative estimate of drug-likeness (QED) is 0.781. The van der Waals surface area contributed by atoms with Crippen molar-refractivity contribution >= 4 is 44.2 Å². The number of halogens is 1. The van der Waals surface area contributed by atoms with Gasteiger partial charge in [-0.25, -0.2) is 4.98 Å². The van der Waals surface area contributed by atoms with Crippen LogP contribution in [-0.4, -0.2) is 15.9 Å². The molecule has 2 heterocycles. The van der Waals surface area contributed by atoms with Crippen molar-refractivity contribution in [3.63, 3.8) is 0 Å². The summed E-state index contributed by atoms with van der Waals surface area (Å²) in [4.78, 5) is 20.4. The van der Waals surface area contributed by atoms with Gasteiger partial charge in [0.1, 0.15) is 0 Å². The van der Waals surface area contributed by atoms with Gasteiger partial charge in [-0.15, -0.1) is 0 Å². The molecule has 0 aliphatic rings. The van der Waals surface area contributed by atoms with Gasteiger partial charge in [0.2, 0.25) is 0 Å². The zero-order chi connectivity index (χ0) is 14.1. The molecule has 20 heavy (non-hydrogen) atoms. The molecule has 0 radical (unpaired) electrons. The third-order valence-corrected chi connectivity index (χ3v) is 4.04. The summed E-state index contributed by atoms with van der Waals surface area (Å²) in [5.74, 6) is -0.307. The molecule has 0 unspecified atom stereocenters. The number of hydrogen-bond acceptors (Lipinski definition) is 4. The molecule has 1 amide bonds. The van der Waals surface area contributed by atoms with Gasteiger partial charge in [-0.1, -0.05) is 29.0 Å². The van der Waals surface area contributed by atoms with E-state index in [1.807, 2.05) is 25.1 Å². The van der Waals surface area contributed by atoms with E-state index in [0.29, 0.717) is 15.7 Å². The summed E-state index contributed by atoms with van der Waals surface area (Å²) < 4.78 is 1.04. The van der Waals surface area contributed by atoms with Crippen LogP contribution >= 0.6 is 22.9 Å². The van der Waals surface area contributed by atoms with Crippen molar-refractivity contribution in [1.82, 2.24) is 9.97 Å². The molecule has 1 N–H and O–H groups in total. The van der Waals surface area contributed by atoms with Gasteiger partial charge < -0.3 is 0 Å². The second-order valence-corrected chi connectivity index (χ2v) is 5.74. The average Bonchev–Trinajstić information content (AvgIpc) is 2.80. The van der Waals surface area contributed by atoms with Gasteiger partial charge in [-0.3, -0.25) is 15.1 Å². The van der Waals surface area contributed by atoms with Gasteiger partial charge in [0.15, 0.2) is 5.13 Å². The van der Waals surface area contributed by atoms with Crippen molar-refractivity contribution in [2.45, 2.75) is 6.92 Å². The van der Waals surface area contributed by atoms with E-state index in [0.717, 1.165) is 15.8 Å². The molecular formula is C14H10ClN3OS. The van der Waals surface area contributed by atoms with Gasteiger partial charge in [-0.2, -0.15) is 0 Å². The first-order chi connectivity index (χ1) is 9.63. The number of nitrogens with zero attached hydrogens (tertiary/aromatic N) is 2. The summed E-state index contributed by atoms with van der Waals surface area (Å²) in [6, 6.07) is 7.55. The molecule has 100 valence electrons. The van der Waals surface area contributed by atoms with Gasteiger partial charge in [-0.05, 0) is 30.7 Å². The Morgan fingerprint density at radius 1 is 1.35 bits per heavy atom. The summed E-state index contributed by atoms with van der Waals surface area (Å²) >= 11 is 7.40. The molecule has 6 heteroatoms. The van der Waals surface area contributed by atoms with Crippen molar-refractivity contribution in [2.24, 2.45) is 0 Å². The number of hydrogen-bond donors (Lipinski definition) is 1. The molecule has 0 atom stereocenters. The smallest absolute Gasteiger partial charge is 0.260 e. The van der Waals surface area contributed by atoms with Gasteiger partial charge in [0.25, 0.3) is 5.91 Å². The lowest BCUT2D eigenvalue weighted by Crippen LogP contribution is -2.12. The summed E-state index contributed by atoms with van der Waals surface area (Å²) in [7, 11) is 0. The molecule has 0 saturated heterocycles. The SMILES string of the molecule is Cc1ccc2nc(NC(=O)c3cnccc3Cl)sc2c1. The first-order valence-corrected chi connectivity index (χ1v) is 7.11. The van der Waals surface area contributed by atoms with Crippen molar-refractivity contribution in [3.8, 4) is 0 Å². The molecule has 3 rings (SSSR count). The Morgan fingerprint density at radius 2 is 2.20 bits per heavy atom. The number of rotatable bonds is 2. The fraction of sp³-hybridized carbons (Fsp3) is 0.0714. The molecule has 4 nitrogen and oxygen atoms in total. The molecule has 0 fully saturated rings. The van der Waals surface area contributed by atoms with Crippen LogP contribution in [0.3, 0.4) is 0 Å². The Bertz CT molecular complexity index is 800. The number of carbonyl (C=O) groups is 1. The second-order valence-electron chi connectivity index (χ2n) is 4.30. The number of benzene rings is 1. The van der Waals surface area contributed by atoms with Crippen molar-refractivity contribution in [2.75, 3.05) is 5.32 Å². The molecule has 0 aliphatic carbocycles. The maximum absolute atomic E-state index is 12.1. The fourth-order valence-corrected chi connectivity index (χ4v) is 2.94. The van der Waals surface area contributed by atoms with E-state index in [2.05, 4.69) is 15.3 Å². The lowest BCUT2D eigenvalue weighted by molar-refractivity contribution is 0.102. The van der Waals surface area contributed by atoms with Crippen LogP contribution in [0.4, 0.5) is 5.13 Å². The van der Waals surface area contributed by atoms with Crippen LogP contribution in [0.25, 0.3) is 10.2 Å². The number of fused-ring (bicyclic) bond motifs is 1. The molecule has 0 saturated carbocycles. The van der Waals surface area contributed by atoms with E-state index in [9.17, 15) is 4.79 Å². The highest BCUT2D eigenvalue weighted by atomic mass is 35.5. The Labute approximate surface area is 124 Å². The number of anilines is 1. The van der Waals surface area contributed by atoms with Crippen LogP contribution in [-0.2, 0) is 0 Å². The third-order valence-electron chi connectivity index (χ3n) is 2.78. The number of aryl methyl sites for hydroxylation is 1. The van der Waals surface area contributed by atoms with Crippen molar-refractivity contribution < 1.29 is 4.79 Å². The van der Waals surface area contributed by atoms with E-state index in [-0.39, 0.29) is 5.91 Å². The number of carbonyl (C=O) groups excluding carboxylic acids is 1. The van der Waals surface area contributed by atoms with Gasteiger partial charge >= 0.3 is 0 Å². The van der Waals surface area contributed by atoms with Crippen molar-refractivity contribution in [1.29, 1.82) is 0 Å². The minimum atomic E-state index is -0.307. The molecule has 0 aliphatic heterocycles. The Balaban J connectivity index is 1.89. The molecular weight excluding hydrogens is 294 g/mol. The van der Waals surface area contributed by atoms with Crippen LogP contribution in [0.15, 0.2) is 36.7 Å². The predicted molar refractivity (Wildman–Crippen MR) is 81.6 cm³/mol. The molecule has 3 aromatic rings. The summed E-state index contributed by atoms with van der Waals surface area (Å²) in [6.07, 6.45) is 2.98. The first kappa shape index (κ1) is 13.0. The average molecular weight is 304 g/mol. The number of thiazole rings is 1. The second kappa shape index (κ2) is 5.19. The van der Waals surface area contributed by atoms with Gasteiger partial charge in [0.05, 0.1) is 20.8 Å². The lowest BCUT2D eigenvalue weighted by Gasteiger charge is -2.02. The minimum Gasteiger partial charge on any atom is -0.298 e. The third kappa shape index (κ3) is 2.50. The zero-order valence-corrected chi connectivity index (χ0v) is 12.1. The molecule has 2 aromatic heterocycles. The topological polar surface area (TPSA) is 54.9 Å². The summed E-state index contributed by atoms with van der Waals surface area (Å²) in [5.41, 5.74) is 2.37. The monoisotopic (exact) mass is 303 g/mol. The van der Waals surface area contributed by atoms with Gasteiger partial charge in [0, 0.05) is 12.4 Å². The summed E-state index contributed by atoms with van der Waals surface area (Å²) in [6.45, 7) is 2.02. The highest BCUT2D eigenvalue weighted by molar-refractivity contribution is 7.22. The van der Waals surface area contributed by atoms with E-state index in [1.165, 1.54) is 17.5 Å². The highest BCUT2D eigenvalue weighted by Gasteiger charge is 2.13. The summed E-state index contributed by atoms with van der Waals surface area (Å²) in [5, 5.41) is 3.67. The zero-order valence-electron chi connectivity index (χ0n) is 10.6. The maximum Gasteiger partial charge on any atom is 0.260 e. The first-order valence-electron chi connectivity index (χ1n) is 5.91. The van der Waals surface area contributed by atoms with E-state index >= 15 is 0 Å². The van der Waals surface area contributed by atoms with Crippen LogP contribution in [0.1, 0.15) is 15.9 Å². The number of pyridine rings is 1. The van der Waals surface area contributed by atoms with Crippen LogP contribution in [0.5, 0.6) is 0 Å². The van der Waals surface area contributed by atoms with Crippen LogP contribution < -0.4 is 5.32 Å². The maximum atomic E-state index is 12.1. The van der Waals surface area contributed by atoms with E-state index in [4.69, 9.17) is 11.6 Å². The van der Waals surface area contributed by atoms with E-state index < -0.39 is 0 Å². The lowest BCUT2D eigenvalue weighted by atomic mass is 10.2. The normalized spacial score (nSPS) is 10.7. The van der Waals surface area contributed by atoms with Crippen LogP contribution in [0.2, 0.25) is 5.02 Å². The van der Waals surface area contributed by atoms with Crippen LogP contribution in [0, 0.1) is 6.92 Å². The Morgan fingerprint density at radius 3 is 3.00 bits per heavy atom. The molecule has 0 spiro atoms. The standard InChI is InChI=1S/C14H10ClN3OS/c1-8-2-3-11-12(6-8)20-14(17-11)18-13(19)9-7-16-5-4-10(9)15/h2-7H,1H3,(H,17,18,19). The largest absolute Gasteiger partial charge is 0.298 e. The number of amides is 1.